The lowest BCUT2D eigenvalue weighted by atomic mass is 10.1. The smallest absolute Gasteiger partial charge is 0.231 e. The maximum Gasteiger partial charge on any atom is 0.231 e. The summed E-state index contributed by atoms with van der Waals surface area (Å²) in [4.78, 5) is 34.9. The number of nitrogens with zero attached hydrogens (tertiary/aromatic N) is 2. The molecule has 4 aromatic rings. The Bertz CT molecular complexity index is 1330. The Morgan fingerprint density at radius 3 is 3.03 bits per heavy atom. The molecule has 1 fully saturated rings. The highest BCUT2D eigenvalue weighted by atomic mass is 32.1. The van der Waals surface area contributed by atoms with Crippen LogP contribution in [0.15, 0.2) is 42.6 Å². The summed E-state index contributed by atoms with van der Waals surface area (Å²) < 4.78 is 6.37. The van der Waals surface area contributed by atoms with E-state index in [1.165, 1.54) is 11.3 Å². The van der Waals surface area contributed by atoms with Crippen LogP contribution < -0.4 is 10.1 Å². The van der Waals surface area contributed by atoms with Crippen molar-refractivity contribution in [2.45, 2.75) is 19.8 Å². The molecule has 32 heavy (non-hydrogen) atoms. The molecule has 2 aromatic heterocycles. The first-order valence-corrected chi connectivity index (χ1v) is 11.4. The van der Waals surface area contributed by atoms with Crippen molar-refractivity contribution >= 4 is 49.4 Å². The van der Waals surface area contributed by atoms with Gasteiger partial charge >= 0.3 is 0 Å². The third-order valence-electron chi connectivity index (χ3n) is 5.99. The average Bonchev–Trinajstić information content (AvgIpc) is 3.47. The van der Waals surface area contributed by atoms with Gasteiger partial charge in [-0.15, -0.1) is 0 Å². The number of aromatic nitrogens is 2. The molecular weight excluding hydrogens is 424 g/mol. The van der Waals surface area contributed by atoms with Crippen LogP contribution in [0, 0.1) is 12.8 Å². The van der Waals surface area contributed by atoms with Gasteiger partial charge in [-0.05, 0) is 54.8 Å². The van der Waals surface area contributed by atoms with E-state index in [0.717, 1.165) is 38.0 Å². The summed E-state index contributed by atoms with van der Waals surface area (Å²) in [6, 6.07) is 11.9. The minimum atomic E-state index is -0.362. The van der Waals surface area contributed by atoms with E-state index in [2.05, 4.69) is 21.4 Å². The van der Waals surface area contributed by atoms with Crippen molar-refractivity contribution < 1.29 is 14.3 Å². The number of carbonyl (C=O) groups excluding carboxylic acids is 2. The van der Waals surface area contributed by atoms with Crippen LogP contribution in [0.5, 0.6) is 5.75 Å². The van der Waals surface area contributed by atoms with Crippen LogP contribution in [0.25, 0.3) is 21.1 Å². The number of H-pyrrole nitrogens is 1. The van der Waals surface area contributed by atoms with E-state index < -0.39 is 0 Å². The number of aryl methyl sites for hydroxylation is 1. The van der Waals surface area contributed by atoms with Crippen molar-refractivity contribution in [1.29, 1.82) is 0 Å². The summed E-state index contributed by atoms with van der Waals surface area (Å²) in [5.41, 5.74) is 4.20. The molecule has 3 heterocycles. The van der Waals surface area contributed by atoms with Gasteiger partial charge in [0.05, 0.1) is 23.2 Å². The highest BCUT2D eigenvalue weighted by molar-refractivity contribution is 7.22. The molecule has 7 nitrogen and oxygen atoms in total. The third kappa shape index (κ3) is 3.93. The zero-order valence-electron chi connectivity index (χ0n) is 18.0. The van der Waals surface area contributed by atoms with Gasteiger partial charge in [0.2, 0.25) is 11.8 Å². The van der Waals surface area contributed by atoms with Crippen LogP contribution in [0.4, 0.5) is 5.13 Å². The van der Waals surface area contributed by atoms with Gasteiger partial charge in [0.15, 0.2) is 5.13 Å². The molecule has 1 aliphatic heterocycles. The van der Waals surface area contributed by atoms with Gasteiger partial charge in [0, 0.05) is 36.6 Å². The second kappa shape index (κ2) is 8.27. The predicted molar refractivity (Wildman–Crippen MR) is 126 cm³/mol. The van der Waals surface area contributed by atoms with Crippen molar-refractivity contribution in [3.63, 3.8) is 0 Å². The largest absolute Gasteiger partial charge is 0.497 e. The quantitative estimate of drug-likeness (QED) is 0.464. The Kier molecular flexibility index (Phi) is 5.30. The number of aromatic amines is 1. The lowest BCUT2D eigenvalue weighted by Crippen LogP contribution is -2.29. The second-order valence-corrected chi connectivity index (χ2v) is 9.23. The Morgan fingerprint density at radius 1 is 1.31 bits per heavy atom. The molecule has 0 aliphatic carbocycles. The number of fused-ring (bicyclic) bond motifs is 2. The predicted octanol–water partition coefficient (Wildman–Crippen LogP) is 4.12. The van der Waals surface area contributed by atoms with Crippen molar-refractivity contribution in [2.75, 3.05) is 25.5 Å². The highest BCUT2D eigenvalue weighted by Crippen LogP contribution is 2.29. The van der Waals surface area contributed by atoms with Crippen LogP contribution in [-0.4, -0.2) is 46.9 Å². The van der Waals surface area contributed by atoms with Gasteiger partial charge in [-0.25, -0.2) is 4.98 Å². The Hall–Kier alpha value is -3.39. The van der Waals surface area contributed by atoms with Gasteiger partial charge < -0.3 is 19.9 Å². The molecule has 0 spiro atoms. The first-order chi connectivity index (χ1) is 15.5. The van der Waals surface area contributed by atoms with Crippen LogP contribution in [-0.2, 0) is 16.0 Å². The molecule has 2 amide bonds. The van der Waals surface area contributed by atoms with E-state index in [1.807, 2.05) is 43.5 Å². The zero-order chi connectivity index (χ0) is 22.2. The van der Waals surface area contributed by atoms with Gasteiger partial charge in [-0.1, -0.05) is 17.4 Å². The fraction of sp³-hybridized carbons (Fsp3) is 0.292. The summed E-state index contributed by atoms with van der Waals surface area (Å²) >= 11 is 1.46. The molecule has 2 aromatic carbocycles. The lowest BCUT2D eigenvalue weighted by molar-refractivity contribution is -0.128. The average molecular weight is 449 g/mol. The molecule has 1 saturated heterocycles. The van der Waals surface area contributed by atoms with E-state index in [1.54, 1.807) is 12.0 Å². The molecular formula is C24H24N4O3S. The number of ether oxygens (including phenoxy) is 1. The van der Waals surface area contributed by atoms with Gasteiger partial charge in [-0.2, -0.15) is 0 Å². The van der Waals surface area contributed by atoms with Crippen LogP contribution in [0.3, 0.4) is 0 Å². The summed E-state index contributed by atoms with van der Waals surface area (Å²) in [7, 11) is 1.65. The number of carbonyl (C=O) groups is 2. The van der Waals surface area contributed by atoms with E-state index >= 15 is 0 Å². The third-order valence-corrected chi connectivity index (χ3v) is 6.92. The highest BCUT2D eigenvalue weighted by Gasteiger charge is 2.34. The van der Waals surface area contributed by atoms with Crippen LogP contribution in [0.2, 0.25) is 0 Å². The van der Waals surface area contributed by atoms with E-state index in [-0.39, 0.29) is 24.2 Å². The summed E-state index contributed by atoms with van der Waals surface area (Å²) in [5, 5.41) is 4.58. The van der Waals surface area contributed by atoms with Crippen LogP contribution >= 0.6 is 11.3 Å². The number of thiazole rings is 1. The number of rotatable bonds is 6. The van der Waals surface area contributed by atoms with Crippen molar-refractivity contribution in [3.8, 4) is 5.75 Å². The normalized spacial score (nSPS) is 16.2. The number of nitrogens with one attached hydrogen (secondary N) is 2. The Balaban J connectivity index is 1.22. The number of likely N-dealkylation sites (tertiary alicyclic amines) is 1. The SMILES string of the molecule is COc1ccc2[nH]cc(CCN3C[C@H](C(=O)Nc4nc5ccc(C)cc5s4)CC3=O)c2c1. The van der Waals surface area contributed by atoms with Gasteiger partial charge in [-0.3, -0.25) is 9.59 Å². The minimum absolute atomic E-state index is 0.0162. The number of benzene rings is 2. The standard InChI is InChI=1S/C24H24N4O3S/c1-14-3-5-20-21(9-14)32-24(26-20)27-23(30)16-10-22(29)28(13-16)8-7-15-12-25-19-6-4-17(31-2)11-18(15)19/h3-6,9,11-12,16,25H,7-8,10,13H2,1-2H3,(H,26,27,30)/t16-/m1/s1. The van der Waals surface area contributed by atoms with E-state index in [9.17, 15) is 9.59 Å². The van der Waals surface area contributed by atoms with Crippen molar-refractivity contribution in [3.05, 3.63) is 53.7 Å². The molecule has 8 heteroatoms. The molecule has 0 saturated carbocycles. The van der Waals surface area contributed by atoms with E-state index in [0.29, 0.717) is 24.6 Å². The first kappa shape index (κ1) is 20.5. The maximum atomic E-state index is 12.8. The second-order valence-electron chi connectivity index (χ2n) is 8.20. The molecule has 164 valence electrons. The molecule has 0 unspecified atom stereocenters. The zero-order valence-corrected chi connectivity index (χ0v) is 18.8. The topological polar surface area (TPSA) is 87.3 Å². The monoisotopic (exact) mass is 448 g/mol. The van der Waals surface area contributed by atoms with E-state index in [4.69, 9.17) is 4.74 Å². The first-order valence-electron chi connectivity index (χ1n) is 10.6. The van der Waals surface area contributed by atoms with Crippen LogP contribution in [0.1, 0.15) is 17.5 Å². The molecule has 5 rings (SSSR count). The summed E-state index contributed by atoms with van der Waals surface area (Å²) in [6.45, 7) is 3.04. The summed E-state index contributed by atoms with van der Waals surface area (Å²) in [5.74, 6) is 0.313. The minimum Gasteiger partial charge on any atom is -0.497 e. The number of anilines is 1. The molecule has 0 bridgehead atoms. The summed E-state index contributed by atoms with van der Waals surface area (Å²) in [6.07, 6.45) is 2.92. The molecule has 0 radical (unpaired) electrons. The lowest BCUT2D eigenvalue weighted by Gasteiger charge is -2.16. The molecule has 2 N–H and O–H groups in total. The number of hydrogen-bond donors (Lipinski definition) is 2. The fourth-order valence-electron chi connectivity index (χ4n) is 4.20. The molecule has 1 atom stereocenters. The number of hydrogen-bond acceptors (Lipinski definition) is 5. The maximum absolute atomic E-state index is 12.8. The number of amides is 2. The van der Waals surface area contributed by atoms with Gasteiger partial charge in [0.25, 0.3) is 0 Å². The van der Waals surface area contributed by atoms with Gasteiger partial charge in [0.1, 0.15) is 5.75 Å². The Morgan fingerprint density at radius 2 is 2.19 bits per heavy atom. The number of methoxy groups -OCH3 is 1. The van der Waals surface area contributed by atoms with Crippen molar-refractivity contribution in [2.24, 2.45) is 5.92 Å². The molecule has 1 aliphatic rings. The van der Waals surface area contributed by atoms with Crippen molar-refractivity contribution in [1.82, 2.24) is 14.9 Å². The Labute approximate surface area is 189 Å². The fourth-order valence-corrected chi connectivity index (χ4v) is 5.17.